The largest absolute Gasteiger partial charge is 0.467 e. The van der Waals surface area contributed by atoms with E-state index in [2.05, 4.69) is 4.98 Å². The van der Waals surface area contributed by atoms with Gasteiger partial charge < -0.3 is 4.74 Å². The molecule has 1 aliphatic rings. The van der Waals surface area contributed by atoms with Crippen molar-refractivity contribution in [2.75, 3.05) is 13.1 Å². The number of benzene rings is 1. The van der Waals surface area contributed by atoms with Crippen molar-refractivity contribution in [1.29, 1.82) is 0 Å². The SMILES string of the molecule is O=S(=O)(c1ccc(Cl)s1)N1CCC(Oc2nc3c(F)cc(F)cc3s2)CC1. The summed E-state index contributed by atoms with van der Waals surface area (Å²) in [6.07, 6.45) is 0.716. The number of thiophene rings is 1. The normalized spacial score (nSPS) is 16.9. The molecule has 1 fully saturated rings. The van der Waals surface area contributed by atoms with Gasteiger partial charge in [0.05, 0.1) is 9.04 Å². The molecule has 1 aromatic carbocycles. The minimum absolute atomic E-state index is 0.0750. The molecule has 0 aliphatic carbocycles. The highest BCUT2D eigenvalue weighted by Crippen LogP contribution is 2.33. The van der Waals surface area contributed by atoms with Gasteiger partial charge in [-0.3, -0.25) is 0 Å². The summed E-state index contributed by atoms with van der Waals surface area (Å²) in [5, 5.41) is 0.251. The number of hydrogen-bond donors (Lipinski definition) is 0. The lowest BCUT2D eigenvalue weighted by molar-refractivity contribution is 0.135. The van der Waals surface area contributed by atoms with Crippen molar-refractivity contribution in [3.05, 3.63) is 40.2 Å². The predicted octanol–water partition coefficient (Wildman–Crippen LogP) is 4.52. The zero-order valence-electron chi connectivity index (χ0n) is 13.7. The van der Waals surface area contributed by atoms with E-state index in [9.17, 15) is 17.2 Å². The van der Waals surface area contributed by atoms with Gasteiger partial charge in [0.1, 0.15) is 21.6 Å². The van der Waals surface area contributed by atoms with E-state index in [-0.39, 0.29) is 21.0 Å². The highest BCUT2D eigenvalue weighted by molar-refractivity contribution is 7.91. The standard InChI is InChI=1S/C16H13ClF2N2O3S3/c17-13-1-2-14(26-13)27(22,23)21-5-3-10(4-6-21)24-16-20-15-11(19)7-9(18)8-12(15)25-16/h1-2,7-8,10H,3-6H2. The molecule has 0 bridgehead atoms. The molecule has 0 spiro atoms. The third-order valence-electron chi connectivity index (χ3n) is 4.20. The third kappa shape index (κ3) is 3.81. The van der Waals surface area contributed by atoms with Crippen LogP contribution in [-0.4, -0.2) is 36.9 Å². The van der Waals surface area contributed by atoms with Crippen molar-refractivity contribution in [3.63, 3.8) is 0 Å². The molecular weight excluding hydrogens is 438 g/mol. The number of ether oxygens (including phenoxy) is 1. The summed E-state index contributed by atoms with van der Waals surface area (Å²) in [7, 11) is -3.56. The Morgan fingerprint density at radius 2 is 1.93 bits per heavy atom. The van der Waals surface area contributed by atoms with Crippen LogP contribution in [0.1, 0.15) is 12.8 Å². The molecule has 1 saturated heterocycles. The molecule has 4 rings (SSSR count). The number of aromatic nitrogens is 1. The second-order valence-electron chi connectivity index (χ2n) is 5.99. The van der Waals surface area contributed by atoms with E-state index in [0.717, 1.165) is 28.7 Å². The van der Waals surface area contributed by atoms with Gasteiger partial charge in [0.25, 0.3) is 15.2 Å². The summed E-state index contributed by atoms with van der Waals surface area (Å²) in [6, 6.07) is 5.06. The van der Waals surface area contributed by atoms with Crippen LogP contribution in [-0.2, 0) is 10.0 Å². The van der Waals surface area contributed by atoms with Crippen LogP contribution in [0, 0.1) is 11.6 Å². The molecule has 3 aromatic rings. The second kappa shape index (κ2) is 7.25. The van der Waals surface area contributed by atoms with E-state index in [4.69, 9.17) is 16.3 Å². The van der Waals surface area contributed by atoms with Crippen LogP contribution in [0.3, 0.4) is 0 Å². The average Bonchev–Trinajstić information content (AvgIpc) is 3.22. The Morgan fingerprint density at radius 1 is 1.19 bits per heavy atom. The number of sulfonamides is 1. The Hall–Kier alpha value is -1.33. The second-order valence-corrected chi connectivity index (χ2v) is 10.9. The van der Waals surface area contributed by atoms with Crippen LogP contribution in [0.15, 0.2) is 28.5 Å². The van der Waals surface area contributed by atoms with Gasteiger partial charge in [0.15, 0.2) is 5.82 Å². The number of hydrogen-bond acceptors (Lipinski definition) is 6. The molecule has 0 amide bonds. The molecule has 5 nitrogen and oxygen atoms in total. The maximum atomic E-state index is 13.8. The average molecular weight is 451 g/mol. The minimum Gasteiger partial charge on any atom is -0.467 e. The van der Waals surface area contributed by atoms with Crippen molar-refractivity contribution >= 4 is 54.5 Å². The summed E-state index contributed by atoms with van der Waals surface area (Å²) in [5.41, 5.74) is 0.0750. The maximum absolute atomic E-state index is 13.8. The number of halogens is 3. The Kier molecular flexibility index (Phi) is 5.10. The smallest absolute Gasteiger partial charge is 0.274 e. The van der Waals surface area contributed by atoms with Gasteiger partial charge in [-0.2, -0.15) is 9.29 Å². The van der Waals surface area contributed by atoms with E-state index < -0.39 is 21.7 Å². The molecule has 1 aliphatic heterocycles. The van der Waals surface area contributed by atoms with E-state index in [1.54, 1.807) is 6.07 Å². The first-order chi connectivity index (χ1) is 12.8. The maximum Gasteiger partial charge on any atom is 0.274 e. The fourth-order valence-electron chi connectivity index (χ4n) is 2.88. The van der Waals surface area contributed by atoms with Crippen molar-refractivity contribution in [2.45, 2.75) is 23.2 Å². The van der Waals surface area contributed by atoms with Crippen molar-refractivity contribution in [3.8, 4) is 5.19 Å². The van der Waals surface area contributed by atoms with Gasteiger partial charge in [-0.05, 0) is 31.0 Å². The Morgan fingerprint density at radius 3 is 2.59 bits per heavy atom. The molecule has 0 unspecified atom stereocenters. The lowest BCUT2D eigenvalue weighted by Crippen LogP contribution is -2.41. The Balaban J connectivity index is 1.43. The lowest BCUT2D eigenvalue weighted by Gasteiger charge is -2.30. The summed E-state index contributed by atoms with van der Waals surface area (Å²) in [5.74, 6) is -1.39. The monoisotopic (exact) mass is 450 g/mol. The number of rotatable bonds is 4. The fraction of sp³-hybridized carbons (Fsp3) is 0.312. The van der Waals surface area contributed by atoms with Gasteiger partial charge >= 0.3 is 0 Å². The van der Waals surface area contributed by atoms with Crippen molar-refractivity contribution in [1.82, 2.24) is 9.29 Å². The summed E-state index contributed by atoms with van der Waals surface area (Å²) >= 11 is 7.93. The molecule has 11 heteroatoms. The molecule has 2 aromatic heterocycles. The summed E-state index contributed by atoms with van der Waals surface area (Å²) < 4.78 is 60.4. The van der Waals surface area contributed by atoms with Gasteiger partial charge in [0, 0.05) is 19.2 Å². The number of fused-ring (bicyclic) bond motifs is 1. The quantitative estimate of drug-likeness (QED) is 0.586. The highest BCUT2D eigenvalue weighted by atomic mass is 35.5. The number of nitrogens with zero attached hydrogens (tertiary/aromatic N) is 2. The summed E-state index contributed by atoms with van der Waals surface area (Å²) in [4.78, 5) is 4.08. The molecule has 3 heterocycles. The molecule has 144 valence electrons. The van der Waals surface area contributed by atoms with E-state index in [1.807, 2.05) is 0 Å². The van der Waals surface area contributed by atoms with E-state index in [0.29, 0.717) is 35.0 Å². The van der Waals surface area contributed by atoms with Crippen LogP contribution in [0.5, 0.6) is 5.19 Å². The lowest BCUT2D eigenvalue weighted by atomic mass is 10.1. The first-order valence-electron chi connectivity index (χ1n) is 8.00. The predicted molar refractivity (Wildman–Crippen MR) is 101 cm³/mol. The number of thiazole rings is 1. The van der Waals surface area contributed by atoms with Gasteiger partial charge in [-0.25, -0.2) is 17.2 Å². The molecule has 0 saturated carbocycles. The van der Waals surface area contributed by atoms with E-state index in [1.165, 1.54) is 16.4 Å². The summed E-state index contributed by atoms with van der Waals surface area (Å²) in [6.45, 7) is 0.604. The van der Waals surface area contributed by atoms with E-state index >= 15 is 0 Å². The first kappa shape index (κ1) is 19.0. The van der Waals surface area contributed by atoms with Gasteiger partial charge in [-0.15, -0.1) is 11.3 Å². The zero-order valence-corrected chi connectivity index (χ0v) is 16.9. The highest BCUT2D eigenvalue weighted by Gasteiger charge is 2.31. The fourth-order valence-corrected chi connectivity index (χ4v) is 6.91. The Labute approximate surface area is 167 Å². The van der Waals surface area contributed by atoms with Crippen molar-refractivity contribution in [2.24, 2.45) is 0 Å². The van der Waals surface area contributed by atoms with Crippen molar-refractivity contribution < 1.29 is 21.9 Å². The van der Waals surface area contributed by atoms with Crippen LogP contribution < -0.4 is 4.74 Å². The van der Waals surface area contributed by atoms with Gasteiger partial charge in [0.2, 0.25) is 0 Å². The molecule has 0 radical (unpaired) electrons. The topological polar surface area (TPSA) is 59.5 Å². The molecule has 0 atom stereocenters. The van der Waals surface area contributed by atoms with Crippen LogP contribution in [0.2, 0.25) is 4.34 Å². The third-order valence-corrected chi connectivity index (χ3v) is 8.70. The minimum atomic E-state index is -3.56. The Bertz CT molecular complexity index is 1090. The van der Waals surface area contributed by atoms with Crippen LogP contribution >= 0.6 is 34.3 Å². The van der Waals surface area contributed by atoms with Crippen LogP contribution in [0.4, 0.5) is 8.78 Å². The number of piperidine rings is 1. The van der Waals surface area contributed by atoms with Gasteiger partial charge in [-0.1, -0.05) is 22.9 Å². The first-order valence-corrected chi connectivity index (χ1v) is 11.5. The molecular formula is C16H13ClF2N2O3S3. The van der Waals surface area contributed by atoms with Crippen LogP contribution in [0.25, 0.3) is 10.2 Å². The molecule has 0 N–H and O–H groups in total. The molecule has 27 heavy (non-hydrogen) atoms. The zero-order chi connectivity index (χ0) is 19.2.